The molecular formula is C33H29BBrN2O3. The highest BCUT2D eigenvalue weighted by Gasteiger charge is 2.17. The molecule has 0 aliphatic rings. The highest BCUT2D eigenvalue weighted by molar-refractivity contribution is 9.10. The predicted molar refractivity (Wildman–Crippen MR) is 167 cm³/mol. The third-order valence-corrected chi connectivity index (χ3v) is 7.61. The van der Waals surface area contributed by atoms with Crippen LogP contribution in [0.2, 0.25) is 6.32 Å². The number of fused-ring (bicyclic) bond motifs is 3. The summed E-state index contributed by atoms with van der Waals surface area (Å²) in [5.74, 6) is -0.452. The quantitative estimate of drug-likeness (QED) is 0.0597. The van der Waals surface area contributed by atoms with Crippen molar-refractivity contribution >= 4 is 67.9 Å². The molecule has 0 amide bonds. The maximum Gasteiger partial charge on any atom is 0.331 e. The number of aryl methyl sites for hydroxylation is 2. The molecule has 199 valence electrons. The van der Waals surface area contributed by atoms with Gasteiger partial charge in [-0.1, -0.05) is 75.3 Å². The van der Waals surface area contributed by atoms with Crippen LogP contribution in [0.1, 0.15) is 47.3 Å². The van der Waals surface area contributed by atoms with Crippen molar-refractivity contribution in [3.63, 3.8) is 0 Å². The Morgan fingerprint density at radius 1 is 0.900 bits per heavy atom. The Labute approximate surface area is 243 Å². The molecular weight excluding hydrogens is 563 g/mol. The van der Waals surface area contributed by atoms with E-state index in [9.17, 15) is 9.59 Å². The van der Waals surface area contributed by atoms with Gasteiger partial charge in [0.1, 0.15) is 0 Å². The average molecular weight is 592 g/mol. The van der Waals surface area contributed by atoms with Gasteiger partial charge in [0.15, 0.2) is 13.1 Å². The smallest absolute Gasteiger partial charge is 0.331 e. The van der Waals surface area contributed by atoms with Crippen molar-refractivity contribution in [2.24, 2.45) is 5.16 Å². The Kier molecular flexibility index (Phi) is 8.31. The van der Waals surface area contributed by atoms with Crippen molar-refractivity contribution < 1.29 is 14.4 Å². The van der Waals surface area contributed by atoms with Gasteiger partial charge in [0, 0.05) is 56.4 Å². The normalized spacial score (nSPS) is 11.7. The second-order valence-electron chi connectivity index (χ2n) is 9.77. The van der Waals surface area contributed by atoms with Gasteiger partial charge in [-0.05, 0) is 68.3 Å². The molecule has 1 radical (unpaired) electrons. The van der Waals surface area contributed by atoms with Gasteiger partial charge in [-0.15, -0.1) is 0 Å². The Balaban J connectivity index is 1.53. The lowest BCUT2D eigenvalue weighted by Gasteiger charge is -2.08. The Hall–Kier alpha value is -3.97. The van der Waals surface area contributed by atoms with Gasteiger partial charge in [0.05, 0.1) is 5.71 Å². The Bertz CT molecular complexity index is 1760. The first kappa shape index (κ1) is 27.6. The lowest BCUT2D eigenvalue weighted by atomic mass is 9.66. The van der Waals surface area contributed by atoms with Crippen LogP contribution in [-0.4, -0.2) is 29.3 Å². The summed E-state index contributed by atoms with van der Waals surface area (Å²) < 4.78 is 3.28. The molecule has 0 saturated heterocycles. The molecule has 0 saturated carbocycles. The molecule has 1 aromatic heterocycles. The predicted octanol–water partition coefficient (Wildman–Crippen LogP) is 7.22. The van der Waals surface area contributed by atoms with Crippen molar-refractivity contribution in [1.82, 2.24) is 4.57 Å². The van der Waals surface area contributed by atoms with E-state index in [1.807, 2.05) is 67.6 Å². The van der Waals surface area contributed by atoms with E-state index in [1.54, 1.807) is 0 Å². The summed E-state index contributed by atoms with van der Waals surface area (Å²) in [6.07, 6.45) is 1.32. The number of aromatic nitrogens is 1. The third kappa shape index (κ3) is 5.80. The van der Waals surface area contributed by atoms with E-state index < -0.39 is 5.97 Å². The number of halogens is 1. The van der Waals surface area contributed by atoms with E-state index in [4.69, 9.17) is 4.84 Å². The second kappa shape index (κ2) is 12.0. The fraction of sp³-hybridized carbons (Fsp3) is 0.182. The van der Waals surface area contributed by atoms with Crippen molar-refractivity contribution in [2.45, 2.75) is 40.1 Å². The molecule has 0 atom stereocenters. The number of ketones is 1. The molecule has 0 unspecified atom stereocenters. The van der Waals surface area contributed by atoms with E-state index >= 15 is 0 Å². The molecule has 5 rings (SSSR count). The summed E-state index contributed by atoms with van der Waals surface area (Å²) in [7, 11) is 2.14. The maximum absolute atomic E-state index is 13.4. The van der Waals surface area contributed by atoms with Gasteiger partial charge in [0.2, 0.25) is 0 Å². The van der Waals surface area contributed by atoms with Gasteiger partial charge in [-0.25, -0.2) is 4.79 Å². The van der Waals surface area contributed by atoms with Crippen LogP contribution in [0.5, 0.6) is 0 Å². The summed E-state index contributed by atoms with van der Waals surface area (Å²) >= 11 is 3.47. The summed E-state index contributed by atoms with van der Waals surface area (Å²) in [5, 5.41) is 6.26. The number of carbonyl (C=O) groups is 2. The molecule has 0 aliphatic carbocycles. The number of oxime groups is 1. The number of nitrogens with zero attached hydrogens (tertiary/aromatic N) is 2. The Morgan fingerprint density at radius 2 is 1.55 bits per heavy atom. The van der Waals surface area contributed by atoms with Crippen molar-refractivity contribution in [3.05, 3.63) is 112 Å². The molecule has 1 heterocycles. The van der Waals surface area contributed by atoms with Crippen LogP contribution in [0.3, 0.4) is 0 Å². The van der Waals surface area contributed by atoms with Crippen LogP contribution >= 0.6 is 15.9 Å². The zero-order valence-corrected chi connectivity index (χ0v) is 24.4. The molecule has 4 aromatic carbocycles. The largest absolute Gasteiger partial charge is 0.341 e. The third-order valence-electron chi connectivity index (χ3n) is 7.08. The monoisotopic (exact) mass is 591 g/mol. The number of hydrogen-bond acceptors (Lipinski definition) is 4. The second-order valence-corrected chi connectivity index (χ2v) is 10.7. The van der Waals surface area contributed by atoms with Gasteiger partial charge >= 0.3 is 5.97 Å². The molecule has 0 bridgehead atoms. The lowest BCUT2D eigenvalue weighted by Crippen LogP contribution is -2.15. The van der Waals surface area contributed by atoms with Gasteiger partial charge in [-0.3, -0.25) is 4.79 Å². The van der Waals surface area contributed by atoms with Crippen LogP contribution in [0.4, 0.5) is 0 Å². The molecule has 0 aliphatic heterocycles. The van der Waals surface area contributed by atoms with E-state index in [-0.39, 0.29) is 5.78 Å². The van der Waals surface area contributed by atoms with Crippen LogP contribution in [-0.2, 0) is 16.2 Å². The SMILES string of the molecule is CCn1c2ccc(C(=O)c3ccccc3C)cc2c2cc(/C(CC[B]c3ccc(Br)cc3)=N/OC(C)=O)ccc21. The van der Waals surface area contributed by atoms with Gasteiger partial charge in [0.25, 0.3) is 0 Å². The first-order valence-corrected chi connectivity index (χ1v) is 14.1. The molecule has 40 heavy (non-hydrogen) atoms. The van der Waals surface area contributed by atoms with E-state index in [2.05, 4.69) is 64.1 Å². The minimum Gasteiger partial charge on any atom is -0.341 e. The highest BCUT2D eigenvalue weighted by Crippen LogP contribution is 2.32. The van der Waals surface area contributed by atoms with E-state index in [1.165, 1.54) is 6.92 Å². The summed E-state index contributed by atoms with van der Waals surface area (Å²) in [5.41, 5.74) is 7.14. The number of hydrogen-bond donors (Lipinski definition) is 0. The zero-order valence-electron chi connectivity index (χ0n) is 22.8. The van der Waals surface area contributed by atoms with Gasteiger partial charge < -0.3 is 9.40 Å². The first-order valence-electron chi connectivity index (χ1n) is 13.4. The first-order chi connectivity index (χ1) is 19.4. The van der Waals surface area contributed by atoms with Crippen molar-refractivity contribution in [3.8, 4) is 0 Å². The van der Waals surface area contributed by atoms with Crippen molar-refractivity contribution in [2.75, 3.05) is 0 Å². The van der Waals surface area contributed by atoms with Gasteiger partial charge in [-0.2, -0.15) is 0 Å². The van der Waals surface area contributed by atoms with Crippen LogP contribution in [0, 0.1) is 6.92 Å². The summed E-state index contributed by atoms with van der Waals surface area (Å²) in [6.45, 7) is 6.21. The zero-order chi connectivity index (χ0) is 28.2. The fourth-order valence-corrected chi connectivity index (χ4v) is 5.35. The van der Waals surface area contributed by atoms with E-state index in [0.717, 1.165) is 55.7 Å². The summed E-state index contributed by atoms with van der Waals surface area (Å²) in [4.78, 5) is 30.1. The minimum atomic E-state index is -0.461. The fourth-order valence-electron chi connectivity index (χ4n) is 5.09. The Morgan fingerprint density at radius 3 is 2.20 bits per heavy atom. The van der Waals surface area contributed by atoms with Crippen LogP contribution < -0.4 is 5.46 Å². The molecule has 0 fully saturated rings. The average Bonchev–Trinajstić information content (AvgIpc) is 3.27. The number of carbonyl (C=O) groups excluding carboxylic acids is 2. The molecule has 0 spiro atoms. The molecule has 0 N–H and O–H groups in total. The van der Waals surface area contributed by atoms with Crippen LogP contribution in [0.25, 0.3) is 21.8 Å². The minimum absolute atomic E-state index is 0.00846. The summed E-state index contributed by atoms with van der Waals surface area (Å²) in [6, 6.07) is 27.9. The van der Waals surface area contributed by atoms with Crippen molar-refractivity contribution in [1.29, 1.82) is 0 Å². The highest BCUT2D eigenvalue weighted by atomic mass is 79.9. The topological polar surface area (TPSA) is 60.7 Å². The number of rotatable bonds is 9. The standard InChI is InChI=1S/C33H29BBrN2O3/c1-4-37-31-15-9-23(30(36-40-22(3)38)17-18-34-25-11-13-26(35)14-12-25)19-28(31)29-20-24(10-16-32(29)37)33(39)27-8-6-5-7-21(27)2/h5-16,19-20H,4,17-18H2,1-3H3/b36-30+. The molecule has 5 aromatic rings. The number of benzene rings is 4. The van der Waals surface area contributed by atoms with Crippen LogP contribution in [0.15, 0.2) is 94.6 Å². The molecule has 7 heteroatoms. The molecule has 5 nitrogen and oxygen atoms in total. The lowest BCUT2D eigenvalue weighted by molar-refractivity contribution is -0.140. The maximum atomic E-state index is 13.4. The van der Waals surface area contributed by atoms with E-state index in [0.29, 0.717) is 23.3 Å².